The molecule has 2 aliphatic rings. The molecule has 7 heteroatoms. The Hall–Kier alpha value is -2.83. The Morgan fingerprint density at radius 2 is 2.11 bits per heavy atom. The van der Waals surface area contributed by atoms with Crippen LogP contribution in [0.15, 0.2) is 30.5 Å². The van der Waals surface area contributed by atoms with E-state index in [-0.39, 0.29) is 11.9 Å². The van der Waals surface area contributed by atoms with Crippen molar-refractivity contribution in [2.75, 3.05) is 30.4 Å². The second-order valence-electron chi connectivity index (χ2n) is 7.40. The first kappa shape index (κ1) is 17.6. The van der Waals surface area contributed by atoms with Gasteiger partial charge in [0.1, 0.15) is 0 Å². The van der Waals surface area contributed by atoms with E-state index in [2.05, 4.69) is 10.4 Å². The van der Waals surface area contributed by atoms with Gasteiger partial charge in [-0.05, 0) is 38.3 Å². The van der Waals surface area contributed by atoms with E-state index >= 15 is 0 Å². The highest BCUT2D eigenvalue weighted by molar-refractivity contribution is 6.08. The predicted octanol–water partition coefficient (Wildman–Crippen LogP) is 2.75. The molecule has 1 fully saturated rings. The van der Waals surface area contributed by atoms with Crippen LogP contribution in [0, 0.1) is 6.92 Å². The van der Waals surface area contributed by atoms with Crippen LogP contribution in [-0.2, 0) is 16.8 Å². The zero-order valence-corrected chi connectivity index (χ0v) is 16.0. The Balaban J connectivity index is 1.59. The van der Waals surface area contributed by atoms with Crippen LogP contribution in [0.5, 0.6) is 0 Å². The number of piperidine rings is 1. The summed E-state index contributed by atoms with van der Waals surface area (Å²) in [4.78, 5) is 29.5. The Kier molecular flexibility index (Phi) is 4.17. The summed E-state index contributed by atoms with van der Waals surface area (Å²) in [6.07, 6.45) is 3.41. The van der Waals surface area contributed by atoms with Crippen molar-refractivity contribution in [3.8, 4) is 0 Å². The molecule has 1 saturated heterocycles. The van der Waals surface area contributed by atoms with Gasteiger partial charge in [0.05, 0.1) is 16.8 Å². The highest BCUT2D eigenvalue weighted by Gasteiger charge is 2.52. The van der Waals surface area contributed by atoms with Gasteiger partial charge in [-0.25, -0.2) is 4.79 Å². The summed E-state index contributed by atoms with van der Waals surface area (Å²) >= 11 is 0. The molecule has 4 rings (SSSR count). The van der Waals surface area contributed by atoms with E-state index in [1.165, 1.54) is 0 Å². The maximum absolute atomic E-state index is 13.1. The number of amides is 3. The molecule has 0 bridgehead atoms. The zero-order valence-electron chi connectivity index (χ0n) is 16.0. The van der Waals surface area contributed by atoms with Crippen LogP contribution in [0.25, 0.3) is 0 Å². The Bertz CT molecular complexity index is 906. The number of anilines is 2. The largest absolute Gasteiger partial charge is 0.323 e. The van der Waals surface area contributed by atoms with E-state index in [1.54, 1.807) is 14.5 Å². The molecule has 1 aromatic heterocycles. The number of carbonyl (C=O) groups is 2. The molecule has 0 radical (unpaired) electrons. The smallest absolute Gasteiger partial charge is 0.321 e. The highest BCUT2D eigenvalue weighted by atomic mass is 16.2. The van der Waals surface area contributed by atoms with Gasteiger partial charge in [0.2, 0.25) is 5.91 Å². The van der Waals surface area contributed by atoms with Gasteiger partial charge in [0, 0.05) is 38.6 Å². The van der Waals surface area contributed by atoms with Crippen molar-refractivity contribution < 1.29 is 9.59 Å². The molecule has 0 aliphatic carbocycles. The molecule has 3 amide bonds. The van der Waals surface area contributed by atoms with E-state index in [1.807, 2.05) is 51.4 Å². The second-order valence-corrected chi connectivity index (χ2v) is 7.40. The minimum Gasteiger partial charge on any atom is -0.323 e. The molecule has 1 atom stereocenters. The summed E-state index contributed by atoms with van der Waals surface area (Å²) in [5.74, 6) is 0.0798. The molecular weight excluding hydrogens is 342 g/mol. The van der Waals surface area contributed by atoms with Gasteiger partial charge in [-0.15, -0.1) is 0 Å². The molecule has 2 aromatic rings. The first-order valence-electron chi connectivity index (χ1n) is 9.44. The van der Waals surface area contributed by atoms with Crippen LogP contribution in [0.3, 0.4) is 0 Å². The third kappa shape index (κ3) is 2.69. The lowest BCUT2D eigenvalue weighted by molar-refractivity contribution is -0.124. The van der Waals surface area contributed by atoms with Crippen LogP contribution in [0.1, 0.15) is 31.0 Å². The van der Waals surface area contributed by atoms with E-state index < -0.39 is 5.41 Å². The van der Waals surface area contributed by atoms with Crippen molar-refractivity contribution in [2.45, 2.75) is 38.6 Å². The molecule has 1 N–H and O–H groups in total. The summed E-state index contributed by atoms with van der Waals surface area (Å²) < 4.78 is 1.80. The van der Waals surface area contributed by atoms with E-state index in [0.29, 0.717) is 13.1 Å². The van der Waals surface area contributed by atoms with Gasteiger partial charge < -0.3 is 15.1 Å². The molecule has 2 aliphatic heterocycles. The number of hydrogen-bond donors (Lipinski definition) is 1. The van der Waals surface area contributed by atoms with Gasteiger partial charge in [0.25, 0.3) is 0 Å². The minimum absolute atomic E-state index is 0.0798. The standard InChI is InChI=1S/C20H25N5O2/c1-4-25-12-16(14(2)22-25)21-19(27)24-11-7-10-20(13-24)15-8-5-6-9-17(15)23(3)18(20)26/h5-6,8-9,12H,4,7,10-11,13H2,1-3H3,(H,21,27)/t20-/m1/s1. The van der Waals surface area contributed by atoms with E-state index in [9.17, 15) is 9.59 Å². The van der Waals surface area contributed by atoms with Gasteiger partial charge >= 0.3 is 6.03 Å². The predicted molar refractivity (Wildman–Crippen MR) is 104 cm³/mol. The molecule has 7 nitrogen and oxygen atoms in total. The lowest BCUT2D eigenvalue weighted by Crippen LogP contribution is -2.54. The van der Waals surface area contributed by atoms with Crippen molar-refractivity contribution in [2.24, 2.45) is 0 Å². The maximum atomic E-state index is 13.1. The SMILES string of the molecule is CCn1cc(NC(=O)N2CCC[C@]3(C2)C(=O)N(C)c2ccccc23)c(C)n1. The van der Waals surface area contributed by atoms with Crippen LogP contribution in [0.4, 0.5) is 16.2 Å². The number of nitrogens with one attached hydrogen (secondary N) is 1. The van der Waals surface area contributed by atoms with Crippen molar-refractivity contribution in [1.82, 2.24) is 14.7 Å². The molecule has 1 aromatic carbocycles. The normalized spacial score (nSPS) is 21.7. The number of aromatic nitrogens is 2. The number of fused-ring (bicyclic) bond motifs is 2. The first-order chi connectivity index (χ1) is 13.0. The minimum atomic E-state index is -0.635. The summed E-state index contributed by atoms with van der Waals surface area (Å²) in [5.41, 5.74) is 2.86. The molecule has 3 heterocycles. The zero-order chi connectivity index (χ0) is 19.2. The highest BCUT2D eigenvalue weighted by Crippen LogP contribution is 2.46. The second kappa shape index (κ2) is 6.40. The number of likely N-dealkylation sites (tertiary alicyclic amines) is 1. The lowest BCUT2D eigenvalue weighted by atomic mass is 9.75. The third-order valence-electron chi connectivity index (χ3n) is 5.79. The van der Waals surface area contributed by atoms with Crippen LogP contribution in [0.2, 0.25) is 0 Å². The van der Waals surface area contributed by atoms with Crippen molar-refractivity contribution in [1.29, 1.82) is 0 Å². The first-order valence-corrected chi connectivity index (χ1v) is 9.44. The average molecular weight is 367 g/mol. The summed E-state index contributed by atoms with van der Waals surface area (Å²) in [6.45, 7) is 5.69. The number of rotatable bonds is 2. The maximum Gasteiger partial charge on any atom is 0.321 e. The van der Waals surface area contributed by atoms with E-state index in [4.69, 9.17) is 0 Å². The number of carbonyl (C=O) groups excluding carboxylic acids is 2. The average Bonchev–Trinajstić information content (AvgIpc) is 3.14. The fraction of sp³-hybridized carbons (Fsp3) is 0.450. The molecule has 142 valence electrons. The summed E-state index contributed by atoms with van der Waals surface area (Å²) in [7, 11) is 1.82. The topological polar surface area (TPSA) is 70.5 Å². The molecule has 27 heavy (non-hydrogen) atoms. The molecular formula is C20H25N5O2. The van der Waals surface area contributed by atoms with Crippen LogP contribution < -0.4 is 10.2 Å². The molecule has 0 saturated carbocycles. The number of hydrogen-bond acceptors (Lipinski definition) is 3. The van der Waals surface area contributed by atoms with Gasteiger partial charge in [-0.2, -0.15) is 5.10 Å². The summed E-state index contributed by atoms with van der Waals surface area (Å²) in [5, 5.41) is 7.34. The van der Waals surface area contributed by atoms with Crippen LogP contribution >= 0.6 is 0 Å². The summed E-state index contributed by atoms with van der Waals surface area (Å²) in [6, 6.07) is 7.74. The fourth-order valence-corrected chi connectivity index (χ4v) is 4.34. The van der Waals surface area contributed by atoms with Crippen molar-refractivity contribution >= 4 is 23.3 Å². The molecule has 1 spiro atoms. The lowest BCUT2D eigenvalue weighted by Gasteiger charge is -2.39. The number of aryl methyl sites for hydroxylation is 2. The van der Waals surface area contributed by atoms with E-state index in [0.717, 1.165) is 42.0 Å². The Morgan fingerprint density at radius 1 is 1.33 bits per heavy atom. The number of nitrogens with zero attached hydrogens (tertiary/aromatic N) is 4. The molecule has 0 unspecified atom stereocenters. The number of likely N-dealkylation sites (N-methyl/N-ethyl adjacent to an activating group) is 1. The van der Waals surface area contributed by atoms with Gasteiger partial charge in [0.15, 0.2) is 0 Å². The Morgan fingerprint density at radius 3 is 2.85 bits per heavy atom. The monoisotopic (exact) mass is 367 g/mol. The number of benzene rings is 1. The van der Waals surface area contributed by atoms with Crippen molar-refractivity contribution in [3.63, 3.8) is 0 Å². The van der Waals surface area contributed by atoms with Crippen molar-refractivity contribution in [3.05, 3.63) is 41.7 Å². The quantitative estimate of drug-likeness (QED) is 0.887. The van der Waals surface area contributed by atoms with Gasteiger partial charge in [-0.1, -0.05) is 18.2 Å². The fourth-order valence-electron chi connectivity index (χ4n) is 4.34. The third-order valence-corrected chi connectivity index (χ3v) is 5.79. The number of urea groups is 1. The van der Waals surface area contributed by atoms with Crippen LogP contribution in [-0.4, -0.2) is 46.8 Å². The van der Waals surface area contributed by atoms with Gasteiger partial charge in [-0.3, -0.25) is 9.48 Å². The Labute approximate surface area is 158 Å². The number of para-hydroxylation sites is 1.